The first-order valence-electron chi connectivity index (χ1n) is 13.6. The van der Waals surface area contributed by atoms with E-state index in [9.17, 15) is 4.79 Å². The number of carbonyl (C=O) groups excluding carboxylic acids is 1. The predicted octanol–water partition coefficient (Wildman–Crippen LogP) is 3.56. The summed E-state index contributed by atoms with van der Waals surface area (Å²) in [5.74, 6) is 1.16. The van der Waals surface area contributed by atoms with E-state index in [1.165, 1.54) is 11.8 Å². The number of imidazole rings is 1. The van der Waals surface area contributed by atoms with E-state index >= 15 is 0 Å². The van der Waals surface area contributed by atoms with Crippen LogP contribution in [0.25, 0.3) is 11.2 Å². The van der Waals surface area contributed by atoms with E-state index < -0.39 is 0 Å². The van der Waals surface area contributed by atoms with Crippen LogP contribution in [0.4, 0.5) is 23.1 Å². The minimum atomic E-state index is -0.154. The third kappa shape index (κ3) is 5.45. The van der Waals surface area contributed by atoms with E-state index in [0.717, 1.165) is 56.0 Å². The zero-order chi connectivity index (χ0) is 26.8. The van der Waals surface area contributed by atoms with Crippen LogP contribution < -0.4 is 20.4 Å². The van der Waals surface area contributed by atoms with Crippen LogP contribution in [0.2, 0.25) is 0 Å². The van der Waals surface area contributed by atoms with Gasteiger partial charge in [0.1, 0.15) is 0 Å². The van der Waals surface area contributed by atoms with E-state index in [1.807, 2.05) is 6.33 Å². The Bertz CT molecular complexity index is 1280. The Hall–Kier alpha value is -3.66. The summed E-state index contributed by atoms with van der Waals surface area (Å²) in [6.45, 7) is 18.0. The highest BCUT2D eigenvalue weighted by atomic mass is 16.1. The molecule has 1 aromatic carbocycles. The largest absolute Gasteiger partial charge is 0.369 e. The molecule has 3 aromatic rings. The average molecular weight is 518 g/mol. The first kappa shape index (κ1) is 26.0. The first-order chi connectivity index (χ1) is 18.3. The van der Waals surface area contributed by atoms with Crippen molar-refractivity contribution in [2.24, 2.45) is 0 Å². The highest BCUT2D eigenvalue weighted by Gasteiger charge is 2.27. The lowest BCUT2D eigenvalue weighted by Gasteiger charge is -2.38. The maximum absolute atomic E-state index is 11.8. The number of amides is 1. The smallest absolute Gasteiger partial charge is 0.243 e. The van der Waals surface area contributed by atoms with Crippen LogP contribution in [0.3, 0.4) is 0 Å². The number of rotatable bonds is 8. The minimum absolute atomic E-state index is 0.0427. The van der Waals surface area contributed by atoms with Crippen LogP contribution >= 0.6 is 0 Å². The zero-order valence-corrected chi connectivity index (χ0v) is 22.9. The first-order valence-corrected chi connectivity index (χ1v) is 13.6. The van der Waals surface area contributed by atoms with Crippen molar-refractivity contribution >= 4 is 40.2 Å². The van der Waals surface area contributed by atoms with Gasteiger partial charge in [0.05, 0.1) is 6.33 Å². The second kappa shape index (κ2) is 11.0. The maximum Gasteiger partial charge on any atom is 0.243 e. The SMILES string of the molecule is C=CC(=O)N[C@H]1CCN(c2nc(Nc3ccc(N4CCN(C(C)C)CC4)cc3)c3ncn(C(C)C)c3n2)C1. The molecule has 0 spiro atoms. The normalized spacial score (nSPS) is 18.5. The fourth-order valence-electron chi connectivity index (χ4n) is 5.22. The highest BCUT2D eigenvalue weighted by Crippen LogP contribution is 2.29. The van der Waals surface area contributed by atoms with Gasteiger partial charge in [-0.15, -0.1) is 0 Å². The summed E-state index contributed by atoms with van der Waals surface area (Å²) < 4.78 is 2.07. The molecular formula is C28H39N9O. The lowest BCUT2D eigenvalue weighted by atomic mass is 10.2. The average Bonchev–Trinajstić information content (AvgIpc) is 3.56. The van der Waals surface area contributed by atoms with Crippen molar-refractivity contribution < 1.29 is 4.79 Å². The second-order valence-corrected chi connectivity index (χ2v) is 10.7. The molecule has 0 radical (unpaired) electrons. The molecule has 2 saturated heterocycles. The van der Waals surface area contributed by atoms with Crippen molar-refractivity contribution in [2.45, 2.75) is 52.2 Å². The molecule has 1 atom stereocenters. The summed E-state index contributed by atoms with van der Waals surface area (Å²) in [4.78, 5) is 33.3. The quantitative estimate of drug-likeness (QED) is 0.438. The Labute approximate surface area is 224 Å². The molecule has 0 aliphatic carbocycles. The van der Waals surface area contributed by atoms with Gasteiger partial charge in [-0.1, -0.05) is 6.58 Å². The molecule has 2 aromatic heterocycles. The van der Waals surface area contributed by atoms with Gasteiger partial charge in [0, 0.05) is 68.8 Å². The molecule has 0 bridgehead atoms. The molecule has 1 amide bonds. The standard InChI is InChI=1S/C28H39N9O/c1-6-24(38)30-22-11-12-36(17-22)28-32-26(25-27(33-28)37(18-29-25)20(4)5)31-21-7-9-23(10-8-21)35-15-13-34(14-16-35)19(2)3/h6-10,18-20,22H,1,11-17H2,2-5H3,(H,30,38)(H,31,32,33)/t22-/m0/s1. The lowest BCUT2D eigenvalue weighted by molar-refractivity contribution is -0.117. The van der Waals surface area contributed by atoms with Crippen molar-refractivity contribution in [1.82, 2.24) is 29.7 Å². The van der Waals surface area contributed by atoms with Gasteiger partial charge in [-0.3, -0.25) is 9.69 Å². The third-order valence-electron chi connectivity index (χ3n) is 7.51. The van der Waals surface area contributed by atoms with Gasteiger partial charge in [0.25, 0.3) is 0 Å². The van der Waals surface area contributed by atoms with Gasteiger partial charge in [0.2, 0.25) is 11.9 Å². The number of aromatic nitrogens is 4. The number of nitrogens with one attached hydrogen (secondary N) is 2. The van der Waals surface area contributed by atoms with Gasteiger partial charge in [-0.2, -0.15) is 9.97 Å². The molecule has 2 aliphatic rings. The van der Waals surface area contributed by atoms with Crippen LogP contribution in [0.15, 0.2) is 43.2 Å². The van der Waals surface area contributed by atoms with Crippen molar-refractivity contribution in [3.8, 4) is 0 Å². The number of hydrogen-bond acceptors (Lipinski definition) is 8. The number of piperazine rings is 1. The Balaban J connectivity index is 1.37. The van der Waals surface area contributed by atoms with Crippen molar-refractivity contribution in [3.05, 3.63) is 43.2 Å². The lowest BCUT2D eigenvalue weighted by Crippen LogP contribution is -2.48. The molecule has 10 heteroatoms. The van der Waals surface area contributed by atoms with E-state index in [-0.39, 0.29) is 18.0 Å². The van der Waals surface area contributed by atoms with Crippen molar-refractivity contribution in [3.63, 3.8) is 0 Å². The van der Waals surface area contributed by atoms with Crippen LogP contribution in [0, 0.1) is 0 Å². The molecule has 5 rings (SSSR count). The van der Waals surface area contributed by atoms with Crippen molar-refractivity contribution in [1.29, 1.82) is 0 Å². The summed E-state index contributed by atoms with van der Waals surface area (Å²) in [7, 11) is 0. The molecular weight excluding hydrogens is 478 g/mol. The van der Waals surface area contributed by atoms with Gasteiger partial charge >= 0.3 is 0 Å². The summed E-state index contributed by atoms with van der Waals surface area (Å²) >= 11 is 0. The van der Waals surface area contributed by atoms with E-state index in [1.54, 1.807) is 0 Å². The number of benzene rings is 1. The molecule has 0 saturated carbocycles. The Kier molecular flexibility index (Phi) is 7.51. The summed E-state index contributed by atoms with van der Waals surface area (Å²) in [5, 5.41) is 6.49. The third-order valence-corrected chi connectivity index (χ3v) is 7.51. The number of hydrogen-bond donors (Lipinski definition) is 2. The Morgan fingerprint density at radius 1 is 1.00 bits per heavy atom. The van der Waals surface area contributed by atoms with Crippen LogP contribution in [0.5, 0.6) is 0 Å². The van der Waals surface area contributed by atoms with E-state index in [4.69, 9.17) is 9.97 Å². The number of fused-ring (bicyclic) bond motifs is 1. The Morgan fingerprint density at radius 2 is 1.74 bits per heavy atom. The van der Waals surface area contributed by atoms with Crippen LogP contribution in [-0.2, 0) is 4.79 Å². The molecule has 2 N–H and O–H groups in total. The second-order valence-electron chi connectivity index (χ2n) is 10.7. The number of carbonyl (C=O) groups is 1. The van der Waals surface area contributed by atoms with Crippen LogP contribution in [-0.4, -0.2) is 81.7 Å². The van der Waals surface area contributed by atoms with E-state index in [0.29, 0.717) is 24.4 Å². The molecule has 10 nitrogen and oxygen atoms in total. The zero-order valence-electron chi connectivity index (χ0n) is 22.9. The fourth-order valence-corrected chi connectivity index (χ4v) is 5.22. The molecule has 4 heterocycles. The highest BCUT2D eigenvalue weighted by molar-refractivity contribution is 5.88. The maximum atomic E-state index is 11.8. The number of anilines is 4. The van der Waals surface area contributed by atoms with Crippen molar-refractivity contribution in [2.75, 3.05) is 54.4 Å². The van der Waals surface area contributed by atoms with Gasteiger partial charge in [0.15, 0.2) is 17.0 Å². The molecule has 2 fully saturated rings. The molecule has 2 aliphatic heterocycles. The molecule has 202 valence electrons. The van der Waals surface area contributed by atoms with Gasteiger partial charge in [-0.25, -0.2) is 4.98 Å². The van der Waals surface area contributed by atoms with E-state index in [2.05, 4.69) is 93.4 Å². The Morgan fingerprint density at radius 3 is 2.39 bits per heavy atom. The topological polar surface area (TPSA) is 94.5 Å². The monoisotopic (exact) mass is 517 g/mol. The molecule has 0 unspecified atom stereocenters. The fraction of sp³-hybridized carbons (Fsp3) is 0.500. The van der Waals surface area contributed by atoms with Gasteiger partial charge in [-0.05, 0) is 64.5 Å². The summed E-state index contributed by atoms with van der Waals surface area (Å²) in [5.41, 5.74) is 3.73. The predicted molar refractivity (Wildman–Crippen MR) is 153 cm³/mol. The van der Waals surface area contributed by atoms with Crippen LogP contribution in [0.1, 0.15) is 40.2 Å². The number of nitrogens with zero attached hydrogens (tertiary/aromatic N) is 7. The molecule has 38 heavy (non-hydrogen) atoms. The summed E-state index contributed by atoms with van der Waals surface area (Å²) in [6, 6.07) is 9.40. The van der Waals surface area contributed by atoms with Gasteiger partial charge < -0.3 is 25.0 Å². The summed E-state index contributed by atoms with van der Waals surface area (Å²) in [6.07, 6.45) is 3.97. The minimum Gasteiger partial charge on any atom is -0.369 e.